The molecule has 2 unspecified atom stereocenters. The van der Waals surface area contributed by atoms with E-state index >= 15 is 0 Å². The van der Waals surface area contributed by atoms with Crippen molar-refractivity contribution >= 4 is 11.8 Å². The van der Waals surface area contributed by atoms with Gasteiger partial charge in [-0.05, 0) is 18.9 Å². The highest BCUT2D eigenvalue weighted by Crippen LogP contribution is 2.32. The Hall–Kier alpha value is -0.940. The maximum Gasteiger partial charge on any atom is 0.229 e. The monoisotopic (exact) mass is 268 g/mol. The summed E-state index contributed by atoms with van der Waals surface area (Å²) < 4.78 is 5.39. The van der Waals surface area contributed by atoms with E-state index in [9.17, 15) is 9.59 Å². The van der Waals surface area contributed by atoms with E-state index in [0.717, 1.165) is 13.0 Å². The van der Waals surface area contributed by atoms with Gasteiger partial charge in [-0.1, -0.05) is 13.8 Å². The van der Waals surface area contributed by atoms with Crippen LogP contribution < -0.4 is 5.32 Å². The number of nitrogens with zero attached hydrogens (tertiary/aromatic N) is 1. The molecule has 5 nitrogen and oxygen atoms in total. The number of amides is 2. The highest BCUT2D eigenvalue weighted by molar-refractivity contribution is 5.98. The second-order valence-corrected chi connectivity index (χ2v) is 6.43. The van der Waals surface area contributed by atoms with Gasteiger partial charge in [-0.25, -0.2) is 0 Å². The minimum absolute atomic E-state index is 0.0413. The molecule has 1 N–H and O–H groups in total. The number of carbonyl (C=O) groups excluding carboxylic acids is 2. The van der Waals surface area contributed by atoms with Crippen molar-refractivity contribution < 1.29 is 14.3 Å². The summed E-state index contributed by atoms with van der Waals surface area (Å²) >= 11 is 0. The van der Waals surface area contributed by atoms with Crippen LogP contribution in [0.15, 0.2) is 0 Å². The van der Waals surface area contributed by atoms with E-state index in [0.29, 0.717) is 31.9 Å². The number of piperidine rings is 1. The molecule has 19 heavy (non-hydrogen) atoms. The second-order valence-electron chi connectivity index (χ2n) is 6.43. The summed E-state index contributed by atoms with van der Waals surface area (Å²) in [6, 6.07) is 0.136. The van der Waals surface area contributed by atoms with Crippen molar-refractivity contribution in [3.05, 3.63) is 0 Å². The lowest BCUT2D eigenvalue weighted by molar-refractivity contribution is -0.153. The third-order valence-corrected chi connectivity index (χ3v) is 4.15. The van der Waals surface area contributed by atoms with Crippen LogP contribution in [0.25, 0.3) is 0 Å². The lowest BCUT2D eigenvalue weighted by Crippen LogP contribution is -2.52. The first kappa shape index (κ1) is 14.5. The summed E-state index contributed by atoms with van der Waals surface area (Å²) in [5.41, 5.74) is -0.198. The zero-order chi connectivity index (χ0) is 14.0. The molecule has 0 saturated carbocycles. The van der Waals surface area contributed by atoms with Gasteiger partial charge in [0.15, 0.2) is 0 Å². The molecule has 108 valence electrons. The molecule has 2 atom stereocenters. The number of likely N-dealkylation sites (N-methyl/N-ethyl adjacent to an activating group) is 1. The molecule has 5 heteroatoms. The zero-order valence-electron chi connectivity index (χ0n) is 12.1. The lowest BCUT2D eigenvalue weighted by atomic mass is 9.81. The van der Waals surface area contributed by atoms with Crippen LogP contribution in [0.5, 0.6) is 0 Å². The number of hydrogen-bond donors (Lipinski definition) is 1. The first-order valence-electron chi connectivity index (χ1n) is 7.01. The predicted octanol–water partition coefficient (Wildman–Crippen LogP) is 0.786. The molecular weight excluding hydrogens is 244 g/mol. The van der Waals surface area contributed by atoms with Gasteiger partial charge in [0.25, 0.3) is 0 Å². The molecule has 0 radical (unpaired) electrons. The van der Waals surface area contributed by atoms with E-state index in [1.165, 1.54) is 4.90 Å². The van der Waals surface area contributed by atoms with E-state index in [4.69, 9.17) is 4.74 Å². The number of imide groups is 1. The molecule has 0 aromatic heterocycles. The number of ether oxygens (including phenoxy) is 1. The molecule has 2 amide bonds. The fourth-order valence-electron chi connectivity index (χ4n) is 2.96. The van der Waals surface area contributed by atoms with Crippen LogP contribution in [0.4, 0.5) is 0 Å². The van der Waals surface area contributed by atoms with Gasteiger partial charge < -0.3 is 10.1 Å². The quantitative estimate of drug-likeness (QED) is 0.766. The van der Waals surface area contributed by atoms with Crippen molar-refractivity contribution in [3.8, 4) is 0 Å². The summed E-state index contributed by atoms with van der Waals surface area (Å²) in [5.74, 6) is 0.307. The fraction of sp³-hybridized carbons (Fsp3) is 0.857. The van der Waals surface area contributed by atoms with Crippen molar-refractivity contribution in [3.63, 3.8) is 0 Å². The van der Waals surface area contributed by atoms with E-state index in [1.54, 1.807) is 0 Å². The van der Waals surface area contributed by atoms with E-state index in [2.05, 4.69) is 5.32 Å². The molecule has 0 aromatic carbocycles. The molecule has 2 heterocycles. The Labute approximate surface area is 114 Å². The topological polar surface area (TPSA) is 58.6 Å². The first-order chi connectivity index (χ1) is 8.93. The summed E-state index contributed by atoms with van der Waals surface area (Å²) in [5, 5.41) is 3.23. The Balaban J connectivity index is 2.00. The Morgan fingerprint density at radius 3 is 2.47 bits per heavy atom. The second kappa shape index (κ2) is 5.59. The highest BCUT2D eigenvalue weighted by atomic mass is 16.5. The molecule has 0 bridgehead atoms. The van der Waals surface area contributed by atoms with Gasteiger partial charge in [0.05, 0.1) is 6.61 Å². The summed E-state index contributed by atoms with van der Waals surface area (Å²) in [4.78, 5) is 25.7. The standard InChI is InChI=1S/C14H24N2O3/c1-14(2)6-12(17)16(13(18)7-14)8-11(15-3)10-4-5-19-9-10/h10-11,15H,4-9H2,1-3H3. The van der Waals surface area contributed by atoms with Gasteiger partial charge in [0.1, 0.15) is 0 Å². The van der Waals surface area contributed by atoms with Gasteiger partial charge in [-0.2, -0.15) is 0 Å². The van der Waals surface area contributed by atoms with Gasteiger partial charge in [-0.15, -0.1) is 0 Å². The Bertz CT molecular complexity index is 342. The molecular formula is C14H24N2O3. The van der Waals surface area contributed by atoms with Crippen LogP contribution in [-0.4, -0.2) is 49.6 Å². The summed E-state index contributed by atoms with van der Waals surface area (Å²) in [6.45, 7) is 5.91. The molecule has 0 aliphatic carbocycles. The SMILES string of the molecule is CNC(CN1C(=O)CC(C)(C)CC1=O)C1CCOC1. The Morgan fingerprint density at radius 2 is 2.00 bits per heavy atom. The summed E-state index contributed by atoms with van der Waals surface area (Å²) in [6.07, 6.45) is 1.90. The maximum atomic E-state index is 12.1. The average molecular weight is 268 g/mol. The largest absolute Gasteiger partial charge is 0.381 e. The predicted molar refractivity (Wildman–Crippen MR) is 71.5 cm³/mol. The average Bonchev–Trinajstić information content (AvgIpc) is 2.80. The minimum Gasteiger partial charge on any atom is -0.381 e. The van der Waals surface area contributed by atoms with Crippen molar-refractivity contribution in [2.45, 2.75) is 39.2 Å². The minimum atomic E-state index is -0.198. The zero-order valence-corrected chi connectivity index (χ0v) is 12.1. The van der Waals surface area contributed by atoms with E-state index in [-0.39, 0.29) is 23.3 Å². The molecule has 0 spiro atoms. The van der Waals surface area contributed by atoms with Crippen molar-refractivity contribution in [1.29, 1.82) is 0 Å². The fourth-order valence-corrected chi connectivity index (χ4v) is 2.96. The number of carbonyl (C=O) groups is 2. The van der Waals surface area contributed by atoms with Crippen LogP contribution in [0.1, 0.15) is 33.1 Å². The van der Waals surface area contributed by atoms with Gasteiger partial charge in [0.2, 0.25) is 11.8 Å². The Morgan fingerprint density at radius 1 is 1.37 bits per heavy atom. The van der Waals surface area contributed by atoms with Crippen molar-refractivity contribution in [1.82, 2.24) is 10.2 Å². The third kappa shape index (κ3) is 3.34. The molecule has 2 rings (SSSR count). The number of rotatable bonds is 4. The van der Waals surface area contributed by atoms with Gasteiger partial charge in [0, 0.05) is 38.0 Å². The lowest BCUT2D eigenvalue weighted by Gasteiger charge is -2.37. The number of likely N-dealkylation sites (tertiary alicyclic amines) is 1. The molecule has 2 aliphatic heterocycles. The van der Waals surface area contributed by atoms with Gasteiger partial charge in [-0.3, -0.25) is 14.5 Å². The van der Waals surface area contributed by atoms with Crippen LogP contribution in [0.3, 0.4) is 0 Å². The van der Waals surface area contributed by atoms with Crippen LogP contribution in [-0.2, 0) is 14.3 Å². The van der Waals surface area contributed by atoms with Crippen molar-refractivity contribution in [2.24, 2.45) is 11.3 Å². The summed E-state index contributed by atoms with van der Waals surface area (Å²) in [7, 11) is 1.88. The Kier molecular flexibility index (Phi) is 4.26. The molecule has 2 aliphatic rings. The smallest absolute Gasteiger partial charge is 0.229 e. The van der Waals surface area contributed by atoms with E-state index < -0.39 is 0 Å². The van der Waals surface area contributed by atoms with E-state index in [1.807, 2.05) is 20.9 Å². The van der Waals surface area contributed by atoms with Crippen LogP contribution in [0, 0.1) is 11.3 Å². The number of nitrogens with one attached hydrogen (secondary N) is 1. The van der Waals surface area contributed by atoms with Crippen LogP contribution in [0.2, 0.25) is 0 Å². The normalized spacial score (nSPS) is 28.8. The number of hydrogen-bond acceptors (Lipinski definition) is 4. The first-order valence-corrected chi connectivity index (χ1v) is 7.01. The highest BCUT2D eigenvalue weighted by Gasteiger charge is 2.39. The van der Waals surface area contributed by atoms with Crippen molar-refractivity contribution in [2.75, 3.05) is 26.8 Å². The molecule has 0 aromatic rings. The molecule has 2 saturated heterocycles. The van der Waals surface area contributed by atoms with Crippen LogP contribution >= 0.6 is 0 Å². The molecule has 2 fully saturated rings. The maximum absolute atomic E-state index is 12.1. The van der Waals surface area contributed by atoms with Gasteiger partial charge >= 0.3 is 0 Å². The third-order valence-electron chi connectivity index (χ3n) is 4.15.